The number of rotatable bonds is 2. The smallest absolute Gasteiger partial charge is 0.335 e. The van der Waals surface area contributed by atoms with Crippen LogP contribution in [0.2, 0.25) is 0 Å². The molecule has 0 aliphatic heterocycles. The van der Waals surface area contributed by atoms with E-state index in [0.717, 1.165) is 25.7 Å². The highest BCUT2D eigenvalue weighted by atomic mass is 16.4. The Bertz CT molecular complexity index is 406. The van der Waals surface area contributed by atoms with E-state index in [9.17, 15) is 9.59 Å². The molecule has 4 nitrogen and oxygen atoms in total. The number of carbonyl (C=O) groups is 2. The molecule has 1 aromatic carbocycles. The number of benzene rings is 1. The molecule has 0 radical (unpaired) electrons. The zero-order chi connectivity index (χ0) is 14.8. The minimum Gasteiger partial charge on any atom is -0.481 e. The van der Waals surface area contributed by atoms with E-state index in [0.29, 0.717) is 5.56 Å². The Labute approximate surface area is 119 Å². The van der Waals surface area contributed by atoms with Gasteiger partial charge >= 0.3 is 11.9 Å². The molecule has 0 amide bonds. The molecular formula is C16H22O4. The number of aliphatic carboxylic acids is 1. The van der Waals surface area contributed by atoms with Crippen LogP contribution in [-0.2, 0) is 4.79 Å². The Morgan fingerprint density at radius 1 is 0.850 bits per heavy atom. The van der Waals surface area contributed by atoms with E-state index in [1.807, 2.05) is 0 Å². The third kappa shape index (κ3) is 6.36. The highest BCUT2D eigenvalue weighted by molar-refractivity contribution is 5.87. The zero-order valence-corrected chi connectivity index (χ0v) is 11.6. The van der Waals surface area contributed by atoms with Gasteiger partial charge in [-0.15, -0.1) is 0 Å². The van der Waals surface area contributed by atoms with E-state index in [4.69, 9.17) is 10.2 Å². The van der Waals surface area contributed by atoms with Crippen LogP contribution in [0.1, 0.15) is 55.3 Å². The molecule has 0 saturated heterocycles. The fourth-order valence-corrected chi connectivity index (χ4v) is 2.28. The lowest BCUT2D eigenvalue weighted by Gasteiger charge is -2.14. The first-order chi connectivity index (χ1) is 9.61. The van der Waals surface area contributed by atoms with Gasteiger partial charge in [-0.2, -0.15) is 0 Å². The summed E-state index contributed by atoms with van der Waals surface area (Å²) < 4.78 is 0. The molecule has 1 aliphatic carbocycles. The number of hydrogen-bond donors (Lipinski definition) is 2. The lowest BCUT2D eigenvalue weighted by atomic mass is 9.91. The number of carboxylic acids is 2. The number of carboxylic acid groups (broad SMARTS) is 2. The lowest BCUT2D eigenvalue weighted by molar-refractivity contribution is -0.142. The van der Waals surface area contributed by atoms with Gasteiger partial charge in [-0.05, 0) is 25.0 Å². The highest BCUT2D eigenvalue weighted by Gasteiger charge is 2.17. The Hall–Kier alpha value is -1.84. The summed E-state index contributed by atoms with van der Waals surface area (Å²) in [4.78, 5) is 20.8. The van der Waals surface area contributed by atoms with Crippen molar-refractivity contribution in [3.63, 3.8) is 0 Å². The van der Waals surface area contributed by atoms with Gasteiger partial charge in [-0.25, -0.2) is 4.79 Å². The predicted octanol–water partition coefficient (Wildman–Crippen LogP) is 3.82. The molecule has 2 N–H and O–H groups in total. The molecule has 0 bridgehead atoms. The van der Waals surface area contributed by atoms with Crippen molar-refractivity contribution in [2.24, 2.45) is 5.92 Å². The first-order valence-electron chi connectivity index (χ1n) is 7.12. The first kappa shape index (κ1) is 16.2. The van der Waals surface area contributed by atoms with Crippen LogP contribution in [0, 0.1) is 5.92 Å². The second-order valence-electron chi connectivity index (χ2n) is 5.05. The average molecular weight is 278 g/mol. The Morgan fingerprint density at radius 2 is 1.35 bits per heavy atom. The van der Waals surface area contributed by atoms with Crippen LogP contribution in [0.15, 0.2) is 30.3 Å². The molecule has 2 rings (SSSR count). The predicted molar refractivity (Wildman–Crippen MR) is 76.8 cm³/mol. The van der Waals surface area contributed by atoms with Gasteiger partial charge in [0, 0.05) is 0 Å². The Morgan fingerprint density at radius 3 is 1.75 bits per heavy atom. The first-order valence-corrected chi connectivity index (χ1v) is 7.12. The SMILES string of the molecule is O=C(O)C1CCCCCCC1.O=C(O)c1ccccc1. The largest absolute Gasteiger partial charge is 0.481 e. The topological polar surface area (TPSA) is 74.6 Å². The summed E-state index contributed by atoms with van der Waals surface area (Å²) in [6, 6.07) is 8.30. The maximum absolute atomic E-state index is 10.6. The van der Waals surface area contributed by atoms with Gasteiger partial charge in [-0.1, -0.05) is 50.3 Å². The van der Waals surface area contributed by atoms with Gasteiger partial charge in [0.25, 0.3) is 0 Å². The van der Waals surface area contributed by atoms with Crippen LogP contribution in [0.4, 0.5) is 0 Å². The third-order valence-electron chi connectivity index (χ3n) is 3.48. The highest BCUT2D eigenvalue weighted by Crippen LogP contribution is 2.21. The molecule has 0 unspecified atom stereocenters. The fraction of sp³-hybridized carbons (Fsp3) is 0.500. The normalized spacial score (nSPS) is 16.2. The molecule has 110 valence electrons. The molecule has 0 atom stereocenters. The van der Waals surface area contributed by atoms with Gasteiger partial charge in [0.1, 0.15) is 0 Å². The van der Waals surface area contributed by atoms with Crippen LogP contribution < -0.4 is 0 Å². The maximum Gasteiger partial charge on any atom is 0.335 e. The van der Waals surface area contributed by atoms with E-state index in [1.54, 1.807) is 30.3 Å². The number of aromatic carboxylic acids is 1. The molecule has 1 saturated carbocycles. The Kier molecular flexibility index (Phi) is 7.40. The quantitative estimate of drug-likeness (QED) is 0.862. The van der Waals surface area contributed by atoms with Gasteiger partial charge in [-0.3, -0.25) is 4.79 Å². The zero-order valence-electron chi connectivity index (χ0n) is 11.6. The second-order valence-corrected chi connectivity index (χ2v) is 5.05. The minimum atomic E-state index is -0.879. The van der Waals surface area contributed by atoms with Crippen molar-refractivity contribution in [3.05, 3.63) is 35.9 Å². The van der Waals surface area contributed by atoms with Crippen molar-refractivity contribution >= 4 is 11.9 Å². The molecular weight excluding hydrogens is 256 g/mol. The van der Waals surface area contributed by atoms with E-state index >= 15 is 0 Å². The summed E-state index contributed by atoms with van der Waals surface area (Å²) in [6.45, 7) is 0. The molecule has 1 aromatic rings. The Balaban J connectivity index is 0.000000204. The van der Waals surface area contributed by atoms with Crippen molar-refractivity contribution in [3.8, 4) is 0 Å². The van der Waals surface area contributed by atoms with E-state index in [2.05, 4.69) is 0 Å². The van der Waals surface area contributed by atoms with Crippen LogP contribution in [-0.4, -0.2) is 22.2 Å². The summed E-state index contributed by atoms with van der Waals surface area (Å²) in [5.74, 6) is -1.52. The maximum atomic E-state index is 10.6. The summed E-state index contributed by atoms with van der Waals surface area (Å²) in [7, 11) is 0. The van der Waals surface area contributed by atoms with Crippen molar-refractivity contribution in [1.82, 2.24) is 0 Å². The molecule has 0 aromatic heterocycles. The van der Waals surface area contributed by atoms with Gasteiger partial charge in [0.15, 0.2) is 0 Å². The minimum absolute atomic E-state index is 0.0460. The molecule has 0 spiro atoms. The molecule has 20 heavy (non-hydrogen) atoms. The van der Waals surface area contributed by atoms with Crippen molar-refractivity contribution in [2.75, 3.05) is 0 Å². The van der Waals surface area contributed by atoms with Crippen LogP contribution in [0.3, 0.4) is 0 Å². The monoisotopic (exact) mass is 278 g/mol. The summed E-state index contributed by atoms with van der Waals surface area (Å²) >= 11 is 0. The fourth-order valence-electron chi connectivity index (χ4n) is 2.28. The third-order valence-corrected chi connectivity index (χ3v) is 3.48. The van der Waals surface area contributed by atoms with Crippen molar-refractivity contribution < 1.29 is 19.8 Å². The van der Waals surface area contributed by atoms with Crippen molar-refractivity contribution in [1.29, 1.82) is 0 Å². The summed E-state index contributed by atoms with van der Waals surface area (Å²) in [6.07, 6.45) is 7.76. The number of hydrogen-bond acceptors (Lipinski definition) is 2. The second kappa shape index (κ2) is 9.13. The van der Waals surface area contributed by atoms with Gasteiger partial charge in [0.2, 0.25) is 0 Å². The van der Waals surface area contributed by atoms with E-state index < -0.39 is 11.9 Å². The molecule has 0 heterocycles. The summed E-state index contributed by atoms with van der Waals surface area (Å²) in [5, 5.41) is 17.1. The molecule has 4 heteroatoms. The van der Waals surface area contributed by atoms with Gasteiger partial charge in [0.05, 0.1) is 11.5 Å². The lowest BCUT2D eigenvalue weighted by Crippen LogP contribution is -2.14. The van der Waals surface area contributed by atoms with Crippen molar-refractivity contribution in [2.45, 2.75) is 44.9 Å². The molecule has 1 fully saturated rings. The van der Waals surface area contributed by atoms with Crippen LogP contribution >= 0.6 is 0 Å². The van der Waals surface area contributed by atoms with E-state index in [-0.39, 0.29) is 5.92 Å². The van der Waals surface area contributed by atoms with E-state index in [1.165, 1.54) is 19.3 Å². The molecule has 1 aliphatic rings. The van der Waals surface area contributed by atoms with Crippen LogP contribution in [0.5, 0.6) is 0 Å². The standard InChI is InChI=1S/C9H16O2.C7H6O2/c10-9(11)8-6-4-2-1-3-5-7-8;8-7(9)6-4-2-1-3-5-6/h8H,1-7H2,(H,10,11);1-5H,(H,8,9). The summed E-state index contributed by atoms with van der Waals surface area (Å²) in [5.41, 5.74) is 0.331. The average Bonchev–Trinajstić information content (AvgIpc) is 2.39. The van der Waals surface area contributed by atoms with Crippen LogP contribution in [0.25, 0.3) is 0 Å². The van der Waals surface area contributed by atoms with Gasteiger partial charge < -0.3 is 10.2 Å².